The third kappa shape index (κ3) is 5.04. The molecule has 0 amide bonds. The molecule has 4 nitrogen and oxygen atoms in total. The van der Waals surface area contributed by atoms with Gasteiger partial charge in [-0.3, -0.25) is 4.79 Å². The Morgan fingerprint density at radius 2 is 1.79 bits per heavy atom. The fourth-order valence-corrected chi connectivity index (χ4v) is 4.82. The van der Waals surface area contributed by atoms with Gasteiger partial charge >= 0.3 is 5.97 Å². The number of piperidine rings is 1. The van der Waals surface area contributed by atoms with Gasteiger partial charge in [0, 0.05) is 25.2 Å². The summed E-state index contributed by atoms with van der Waals surface area (Å²) in [4.78, 5) is 18.2. The van der Waals surface area contributed by atoms with Crippen molar-refractivity contribution in [1.29, 1.82) is 0 Å². The number of rotatable bonds is 7. The quantitative estimate of drug-likeness (QED) is 0.516. The Labute approximate surface area is 175 Å². The van der Waals surface area contributed by atoms with Crippen LogP contribution in [0, 0.1) is 0 Å². The number of thiazole rings is 1. The lowest BCUT2D eigenvalue weighted by atomic mass is 10.0. The summed E-state index contributed by atoms with van der Waals surface area (Å²) in [6.45, 7) is 2.28. The highest BCUT2D eigenvalue weighted by atomic mass is 32.1. The van der Waals surface area contributed by atoms with Gasteiger partial charge in [-0.25, -0.2) is 4.98 Å². The standard InChI is InChI=1S/C24H26N2O2S/c27-23(28)10-6-7-19(24-25-21-8-2-3-9-22(21)29-24)17-18-11-13-20(14-12-18)26-15-4-1-5-16-26/h2-3,8-9,11-14,17H,1,4-7,10,15-16H2,(H,27,28)/b19-17+. The summed E-state index contributed by atoms with van der Waals surface area (Å²) in [5.74, 6) is -0.750. The first-order valence-corrected chi connectivity index (χ1v) is 11.1. The molecular formula is C24H26N2O2S. The van der Waals surface area contributed by atoms with E-state index >= 15 is 0 Å². The number of allylic oxidation sites excluding steroid dienone is 1. The summed E-state index contributed by atoms with van der Waals surface area (Å²) in [7, 11) is 0. The van der Waals surface area contributed by atoms with Crippen molar-refractivity contribution in [3.8, 4) is 0 Å². The molecule has 5 heteroatoms. The van der Waals surface area contributed by atoms with Gasteiger partial charge in [-0.2, -0.15) is 0 Å². The molecule has 0 radical (unpaired) electrons. The Hall–Kier alpha value is -2.66. The highest BCUT2D eigenvalue weighted by Gasteiger charge is 2.12. The lowest BCUT2D eigenvalue weighted by Gasteiger charge is -2.28. The average Bonchev–Trinajstić information content (AvgIpc) is 3.18. The van der Waals surface area contributed by atoms with Crippen LogP contribution in [0.1, 0.15) is 49.1 Å². The van der Waals surface area contributed by atoms with E-state index in [1.807, 2.05) is 18.2 Å². The second-order valence-corrected chi connectivity index (χ2v) is 8.57. The molecule has 1 N–H and O–H groups in total. The van der Waals surface area contributed by atoms with Gasteiger partial charge in [-0.05, 0) is 73.6 Å². The van der Waals surface area contributed by atoms with Crippen molar-refractivity contribution in [3.05, 3.63) is 59.1 Å². The van der Waals surface area contributed by atoms with Gasteiger partial charge in [0.2, 0.25) is 0 Å². The second kappa shape index (κ2) is 9.23. The van der Waals surface area contributed by atoms with E-state index in [1.54, 1.807) is 11.3 Å². The van der Waals surface area contributed by atoms with Crippen molar-refractivity contribution in [1.82, 2.24) is 4.98 Å². The number of hydrogen-bond acceptors (Lipinski definition) is 4. The molecule has 1 aliphatic rings. The van der Waals surface area contributed by atoms with E-state index in [1.165, 1.54) is 24.9 Å². The Balaban J connectivity index is 1.59. The van der Waals surface area contributed by atoms with E-state index in [4.69, 9.17) is 10.1 Å². The number of benzene rings is 2. The smallest absolute Gasteiger partial charge is 0.303 e. The van der Waals surface area contributed by atoms with Gasteiger partial charge in [-0.1, -0.05) is 24.3 Å². The molecule has 4 rings (SSSR count). The minimum Gasteiger partial charge on any atom is -0.481 e. The summed E-state index contributed by atoms with van der Waals surface area (Å²) < 4.78 is 1.16. The van der Waals surface area contributed by atoms with Crippen LogP contribution in [0.3, 0.4) is 0 Å². The third-order valence-electron chi connectivity index (χ3n) is 5.36. The van der Waals surface area contributed by atoms with Crippen LogP contribution in [0.4, 0.5) is 5.69 Å². The van der Waals surface area contributed by atoms with Crippen LogP contribution in [0.25, 0.3) is 21.9 Å². The van der Waals surface area contributed by atoms with Crippen molar-refractivity contribution in [2.24, 2.45) is 0 Å². The van der Waals surface area contributed by atoms with Crippen molar-refractivity contribution in [2.45, 2.75) is 38.5 Å². The van der Waals surface area contributed by atoms with Crippen LogP contribution < -0.4 is 4.90 Å². The SMILES string of the molecule is O=C(O)CCC/C(=C\c1ccc(N2CCCCC2)cc1)c1nc2ccccc2s1. The van der Waals surface area contributed by atoms with Crippen LogP contribution >= 0.6 is 11.3 Å². The van der Waals surface area contributed by atoms with Crippen LogP contribution in [0.15, 0.2) is 48.5 Å². The first-order chi connectivity index (χ1) is 14.2. The number of aliphatic carboxylic acids is 1. The number of nitrogens with zero attached hydrogens (tertiary/aromatic N) is 2. The zero-order valence-corrected chi connectivity index (χ0v) is 17.3. The summed E-state index contributed by atoms with van der Waals surface area (Å²) in [6.07, 6.45) is 7.54. The summed E-state index contributed by atoms with van der Waals surface area (Å²) in [5, 5.41) is 10.0. The summed E-state index contributed by atoms with van der Waals surface area (Å²) in [5.41, 5.74) is 4.53. The van der Waals surface area contributed by atoms with Crippen molar-refractivity contribution < 1.29 is 9.90 Å². The maximum atomic E-state index is 11.0. The van der Waals surface area contributed by atoms with Gasteiger partial charge in [0.15, 0.2) is 0 Å². The van der Waals surface area contributed by atoms with E-state index in [-0.39, 0.29) is 6.42 Å². The number of carboxylic acid groups (broad SMARTS) is 1. The molecule has 150 valence electrons. The highest BCUT2D eigenvalue weighted by Crippen LogP contribution is 2.31. The van der Waals surface area contributed by atoms with Gasteiger partial charge in [0.05, 0.1) is 10.2 Å². The second-order valence-electron chi connectivity index (χ2n) is 7.54. The first kappa shape index (κ1) is 19.6. The number of hydrogen-bond donors (Lipinski definition) is 1. The predicted molar refractivity (Wildman–Crippen MR) is 121 cm³/mol. The molecule has 2 aromatic carbocycles. The lowest BCUT2D eigenvalue weighted by Crippen LogP contribution is -2.29. The average molecular weight is 407 g/mol. The molecule has 0 spiro atoms. The monoisotopic (exact) mass is 406 g/mol. The molecule has 2 heterocycles. The third-order valence-corrected chi connectivity index (χ3v) is 6.47. The predicted octanol–water partition coefficient (Wildman–Crippen LogP) is 6.08. The molecule has 0 unspecified atom stereocenters. The van der Waals surface area contributed by atoms with Crippen molar-refractivity contribution in [3.63, 3.8) is 0 Å². The first-order valence-electron chi connectivity index (χ1n) is 10.3. The molecule has 1 fully saturated rings. The molecule has 0 aliphatic carbocycles. The Morgan fingerprint density at radius 3 is 2.52 bits per heavy atom. The number of carbonyl (C=O) groups is 1. The number of anilines is 1. The van der Waals surface area contributed by atoms with Crippen LogP contribution in [0.5, 0.6) is 0 Å². The van der Waals surface area contributed by atoms with Crippen molar-refractivity contribution in [2.75, 3.05) is 18.0 Å². The van der Waals surface area contributed by atoms with Gasteiger partial charge in [0.25, 0.3) is 0 Å². The molecule has 29 heavy (non-hydrogen) atoms. The zero-order valence-electron chi connectivity index (χ0n) is 16.5. The molecule has 0 saturated carbocycles. The topological polar surface area (TPSA) is 53.4 Å². The fraction of sp³-hybridized carbons (Fsp3) is 0.333. The van der Waals surface area contributed by atoms with Gasteiger partial charge in [0.1, 0.15) is 5.01 Å². The molecule has 1 saturated heterocycles. The lowest BCUT2D eigenvalue weighted by molar-refractivity contribution is -0.137. The van der Waals surface area contributed by atoms with E-state index in [0.29, 0.717) is 12.8 Å². The molecule has 0 atom stereocenters. The number of fused-ring (bicyclic) bond motifs is 1. The van der Waals surface area contributed by atoms with Crippen LogP contribution in [-0.2, 0) is 4.79 Å². The number of para-hydroxylation sites is 1. The minimum atomic E-state index is -0.750. The van der Waals surface area contributed by atoms with E-state index < -0.39 is 5.97 Å². The normalized spacial score (nSPS) is 15.0. The zero-order chi connectivity index (χ0) is 20.1. The van der Waals surface area contributed by atoms with Crippen LogP contribution in [0.2, 0.25) is 0 Å². The molecular weight excluding hydrogens is 380 g/mol. The maximum absolute atomic E-state index is 11.0. The molecule has 1 aromatic heterocycles. The minimum absolute atomic E-state index is 0.177. The molecule has 0 bridgehead atoms. The molecule has 1 aliphatic heterocycles. The van der Waals surface area contributed by atoms with E-state index in [9.17, 15) is 4.79 Å². The maximum Gasteiger partial charge on any atom is 0.303 e. The summed E-state index contributed by atoms with van der Waals surface area (Å²) >= 11 is 1.67. The number of aromatic nitrogens is 1. The fourth-order valence-electron chi connectivity index (χ4n) is 3.82. The van der Waals surface area contributed by atoms with Gasteiger partial charge in [-0.15, -0.1) is 11.3 Å². The van der Waals surface area contributed by atoms with E-state index in [2.05, 4.69) is 41.3 Å². The number of carboxylic acids is 1. The Morgan fingerprint density at radius 1 is 1.03 bits per heavy atom. The van der Waals surface area contributed by atoms with Crippen LogP contribution in [-0.4, -0.2) is 29.1 Å². The molecule has 3 aromatic rings. The summed E-state index contributed by atoms with van der Waals surface area (Å²) in [6, 6.07) is 16.9. The van der Waals surface area contributed by atoms with Crippen molar-refractivity contribution >= 4 is 44.9 Å². The Bertz CT molecular complexity index is 968. The Kier molecular flexibility index (Phi) is 6.25. The highest BCUT2D eigenvalue weighted by molar-refractivity contribution is 7.19. The van der Waals surface area contributed by atoms with Gasteiger partial charge < -0.3 is 10.0 Å². The largest absolute Gasteiger partial charge is 0.481 e. The van der Waals surface area contributed by atoms with E-state index in [0.717, 1.165) is 39.5 Å².